The summed E-state index contributed by atoms with van der Waals surface area (Å²) in [5.74, 6) is 7.18. The first kappa shape index (κ1) is 15.1. The Hall–Kier alpha value is -1.34. The standard InChI is InChI=1S/C14H22N2O4/c1-17-6-7-18-5-4-12(16-15)11-2-3-13-14(10-11)20-9-8-19-13/h2-3,10,12,16H,4-9,15H2,1H3. The van der Waals surface area contributed by atoms with Crippen LogP contribution in [0.25, 0.3) is 0 Å². The molecule has 0 spiro atoms. The maximum Gasteiger partial charge on any atom is 0.161 e. The van der Waals surface area contributed by atoms with Crippen LogP contribution in [0.3, 0.4) is 0 Å². The normalized spacial score (nSPS) is 15.1. The monoisotopic (exact) mass is 282 g/mol. The molecule has 6 heteroatoms. The Kier molecular flexibility index (Phi) is 6.07. The van der Waals surface area contributed by atoms with Crippen molar-refractivity contribution < 1.29 is 18.9 Å². The molecule has 1 aliphatic rings. The van der Waals surface area contributed by atoms with Crippen molar-refractivity contribution in [2.24, 2.45) is 5.84 Å². The van der Waals surface area contributed by atoms with Crippen LogP contribution in [0.1, 0.15) is 18.0 Å². The summed E-state index contributed by atoms with van der Waals surface area (Å²) >= 11 is 0. The van der Waals surface area contributed by atoms with Gasteiger partial charge in [-0.1, -0.05) is 6.07 Å². The van der Waals surface area contributed by atoms with Gasteiger partial charge in [-0.2, -0.15) is 0 Å². The fourth-order valence-corrected chi connectivity index (χ4v) is 2.07. The van der Waals surface area contributed by atoms with Crippen LogP contribution >= 0.6 is 0 Å². The van der Waals surface area contributed by atoms with E-state index in [2.05, 4.69) is 5.43 Å². The molecule has 1 aliphatic heterocycles. The highest BCUT2D eigenvalue weighted by molar-refractivity contribution is 5.44. The SMILES string of the molecule is COCCOCCC(NN)c1ccc2c(c1)OCCO2. The Morgan fingerprint density at radius 2 is 2.00 bits per heavy atom. The molecule has 0 aliphatic carbocycles. The number of hydrazine groups is 1. The van der Waals surface area contributed by atoms with Gasteiger partial charge in [-0.25, -0.2) is 0 Å². The summed E-state index contributed by atoms with van der Waals surface area (Å²) in [7, 11) is 1.66. The molecule has 1 atom stereocenters. The zero-order valence-electron chi connectivity index (χ0n) is 11.8. The van der Waals surface area contributed by atoms with Crippen molar-refractivity contribution in [2.45, 2.75) is 12.5 Å². The number of benzene rings is 1. The van der Waals surface area contributed by atoms with Crippen LogP contribution < -0.4 is 20.7 Å². The molecule has 112 valence electrons. The Labute approximate surface area is 119 Å². The highest BCUT2D eigenvalue weighted by Gasteiger charge is 2.16. The molecule has 0 saturated carbocycles. The average molecular weight is 282 g/mol. The third-order valence-electron chi connectivity index (χ3n) is 3.15. The second kappa shape index (κ2) is 8.06. The number of hydrogen-bond acceptors (Lipinski definition) is 6. The van der Waals surface area contributed by atoms with Gasteiger partial charge in [-0.05, 0) is 24.1 Å². The largest absolute Gasteiger partial charge is 0.486 e. The van der Waals surface area contributed by atoms with E-state index in [1.165, 1.54) is 0 Å². The Morgan fingerprint density at radius 3 is 2.75 bits per heavy atom. The maximum atomic E-state index is 5.62. The molecule has 0 amide bonds. The minimum Gasteiger partial charge on any atom is -0.486 e. The molecule has 0 saturated heterocycles. The fraction of sp³-hybridized carbons (Fsp3) is 0.571. The number of ether oxygens (including phenoxy) is 4. The van der Waals surface area contributed by atoms with Gasteiger partial charge in [-0.3, -0.25) is 11.3 Å². The summed E-state index contributed by atoms with van der Waals surface area (Å²) in [5.41, 5.74) is 3.87. The molecular weight excluding hydrogens is 260 g/mol. The first-order chi connectivity index (χ1) is 9.85. The molecule has 0 bridgehead atoms. The van der Waals surface area contributed by atoms with E-state index in [1.54, 1.807) is 7.11 Å². The van der Waals surface area contributed by atoms with Gasteiger partial charge in [0.25, 0.3) is 0 Å². The molecule has 6 nitrogen and oxygen atoms in total. The zero-order chi connectivity index (χ0) is 14.2. The fourth-order valence-electron chi connectivity index (χ4n) is 2.07. The van der Waals surface area contributed by atoms with Crippen LogP contribution in [0.2, 0.25) is 0 Å². The minimum atomic E-state index is 0.0216. The number of methoxy groups -OCH3 is 1. The van der Waals surface area contributed by atoms with Gasteiger partial charge in [0.05, 0.1) is 13.2 Å². The Balaban J connectivity index is 1.90. The van der Waals surface area contributed by atoms with Crippen molar-refractivity contribution in [3.05, 3.63) is 23.8 Å². The summed E-state index contributed by atoms with van der Waals surface area (Å²) in [6.07, 6.45) is 0.778. The van der Waals surface area contributed by atoms with Crippen LogP contribution in [0.4, 0.5) is 0 Å². The molecular formula is C14H22N2O4. The van der Waals surface area contributed by atoms with Crippen LogP contribution in [0, 0.1) is 0 Å². The molecule has 20 heavy (non-hydrogen) atoms. The lowest BCUT2D eigenvalue weighted by Gasteiger charge is -2.22. The summed E-state index contributed by atoms with van der Waals surface area (Å²) in [6, 6.07) is 5.90. The smallest absolute Gasteiger partial charge is 0.161 e. The number of hydrogen-bond donors (Lipinski definition) is 2. The van der Waals surface area contributed by atoms with Crippen LogP contribution in [-0.4, -0.2) is 40.1 Å². The Morgan fingerprint density at radius 1 is 1.20 bits per heavy atom. The van der Waals surface area contributed by atoms with E-state index in [-0.39, 0.29) is 6.04 Å². The quantitative estimate of drug-likeness (QED) is 0.421. The van der Waals surface area contributed by atoms with Gasteiger partial charge < -0.3 is 18.9 Å². The molecule has 0 aromatic heterocycles. The summed E-state index contributed by atoms with van der Waals surface area (Å²) < 4.78 is 21.5. The Bertz CT molecular complexity index is 414. The van der Waals surface area contributed by atoms with Gasteiger partial charge in [0.1, 0.15) is 13.2 Å². The van der Waals surface area contributed by atoms with Crippen molar-refractivity contribution in [1.82, 2.24) is 5.43 Å². The van der Waals surface area contributed by atoms with Crippen molar-refractivity contribution in [2.75, 3.05) is 40.1 Å². The minimum absolute atomic E-state index is 0.0216. The van der Waals surface area contributed by atoms with Crippen molar-refractivity contribution in [1.29, 1.82) is 0 Å². The molecule has 0 radical (unpaired) electrons. The average Bonchev–Trinajstić information content (AvgIpc) is 2.50. The van der Waals surface area contributed by atoms with Gasteiger partial charge in [-0.15, -0.1) is 0 Å². The molecule has 1 aromatic carbocycles. The molecule has 0 fully saturated rings. The first-order valence-electron chi connectivity index (χ1n) is 6.77. The van der Waals surface area contributed by atoms with Gasteiger partial charge in [0.2, 0.25) is 0 Å². The molecule has 1 heterocycles. The highest BCUT2D eigenvalue weighted by Crippen LogP contribution is 2.33. The number of fused-ring (bicyclic) bond motifs is 1. The topological polar surface area (TPSA) is 75.0 Å². The van der Waals surface area contributed by atoms with Gasteiger partial charge in [0, 0.05) is 19.8 Å². The van der Waals surface area contributed by atoms with Crippen LogP contribution in [0.5, 0.6) is 11.5 Å². The zero-order valence-corrected chi connectivity index (χ0v) is 11.8. The lowest BCUT2D eigenvalue weighted by molar-refractivity contribution is 0.0657. The third-order valence-corrected chi connectivity index (χ3v) is 3.15. The van der Waals surface area contributed by atoms with Crippen LogP contribution in [0.15, 0.2) is 18.2 Å². The van der Waals surface area contributed by atoms with E-state index in [1.807, 2.05) is 18.2 Å². The second-order valence-corrected chi connectivity index (χ2v) is 4.52. The lowest BCUT2D eigenvalue weighted by Crippen LogP contribution is -2.29. The summed E-state index contributed by atoms with van der Waals surface area (Å²) in [6.45, 7) is 2.99. The lowest BCUT2D eigenvalue weighted by atomic mass is 10.0. The first-order valence-corrected chi connectivity index (χ1v) is 6.77. The van der Waals surface area contributed by atoms with E-state index in [0.29, 0.717) is 33.0 Å². The number of nitrogens with one attached hydrogen (secondary N) is 1. The highest BCUT2D eigenvalue weighted by atomic mass is 16.6. The van der Waals surface area contributed by atoms with Gasteiger partial charge in [0.15, 0.2) is 11.5 Å². The number of nitrogens with two attached hydrogens (primary N) is 1. The van der Waals surface area contributed by atoms with Crippen molar-refractivity contribution in [3.63, 3.8) is 0 Å². The molecule has 1 unspecified atom stereocenters. The molecule has 3 N–H and O–H groups in total. The van der Waals surface area contributed by atoms with E-state index in [4.69, 9.17) is 24.8 Å². The van der Waals surface area contributed by atoms with Crippen molar-refractivity contribution >= 4 is 0 Å². The summed E-state index contributed by atoms with van der Waals surface area (Å²) in [4.78, 5) is 0. The second-order valence-electron chi connectivity index (χ2n) is 4.52. The van der Waals surface area contributed by atoms with E-state index in [0.717, 1.165) is 23.5 Å². The molecule has 1 aromatic rings. The maximum absolute atomic E-state index is 5.62. The predicted octanol–water partition coefficient (Wildman–Crippen LogP) is 1.02. The van der Waals surface area contributed by atoms with E-state index < -0.39 is 0 Å². The third kappa shape index (κ3) is 4.08. The summed E-state index contributed by atoms with van der Waals surface area (Å²) in [5, 5.41) is 0. The van der Waals surface area contributed by atoms with Gasteiger partial charge >= 0.3 is 0 Å². The van der Waals surface area contributed by atoms with Crippen molar-refractivity contribution in [3.8, 4) is 11.5 Å². The predicted molar refractivity (Wildman–Crippen MR) is 74.8 cm³/mol. The van der Waals surface area contributed by atoms with E-state index in [9.17, 15) is 0 Å². The van der Waals surface area contributed by atoms with Crippen LogP contribution in [-0.2, 0) is 9.47 Å². The van der Waals surface area contributed by atoms with E-state index >= 15 is 0 Å². The molecule has 2 rings (SSSR count). The number of rotatable bonds is 8.